The van der Waals surface area contributed by atoms with Gasteiger partial charge in [-0.2, -0.15) is 13.2 Å². The summed E-state index contributed by atoms with van der Waals surface area (Å²) in [4.78, 5) is 30.1. The van der Waals surface area contributed by atoms with Crippen LogP contribution in [0.15, 0.2) is 66.9 Å². The highest BCUT2D eigenvalue weighted by Gasteiger charge is 2.33. The largest absolute Gasteiger partial charge is 0.478 e. The summed E-state index contributed by atoms with van der Waals surface area (Å²) in [6, 6.07) is 15.6. The van der Waals surface area contributed by atoms with Crippen molar-refractivity contribution in [3.8, 4) is 0 Å². The monoisotopic (exact) mass is 511 g/mol. The predicted molar refractivity (Wildman–Crippen MR) is 135 cm³/mol. The number of aryl methyl sites for hydroxylation is 1. The van der Waals surface area contributed by atoms with Crippen molar-refractivity contribution in [1.29, 1.82) is 0 Å². The van der Waals surface area contributed by atoms with Gasteiger partial charge in [-0.15, -0.1) is 0 Å². The molecule has 2 heterocycles. The second-order valence-electron chi connectivity index (χ2n) is 9.26. The summed E-state index contributed by atoms with van der Waals surface area (Å²) in [7, 11) is 0. The molecular weight excluding hydrogens is 483 g/mol. The van der Waals surface area contributed by atoms with Crippen molar-refractivity contribution in [3.05, 3.63) is 89.1 Å². The van der Waals surface area contributed by atoms with Crippen LogP contribution in [0.3, 0.4) is 0 Å². The van der Waals surface area contributed by atoms with Crippen LogP contribution in [0.2, 0.25) is 0 Å². The predicted octanol–water partition coefficient (Wildman–Crippen LogP) is 5.83. The quantitative estimate of drug-likeness (QED) is 0.398. The third-order valence-electron chi connectivity index (χ3n) is 6.66. The molecule has 3 aromatic rings. The molecule has 0 bridgehead atoms. The number of carboxylic acid groups (broad SMARTS) is 1. The number of hydrogen-bond acceptors (Lipinski definition) is 4. The number of benzene rings is 2. The lowest BCUT2D eigenvalue weighted by Crippen LogP contribution is -2.34. The molecule has 1 amide bonds. The van der Waals surface area contributed by atoms with Gasteiger partial charge in [0.2, 0.25) is 5.91 Å². The first-order valence-corrected chi connectivity index (χ1v) is 12.2. The Morgan fingerprint density at radius 1 is 1.03 bits per heavy atom. The molecule has 0 spiro atoms. The number of nitrogens with zero attached hydrogens (tertiary/aromatic N) is 2. The molecule has 1 fully saturated rings. The Morgan fingerprint density at radius 3 is 2.46 bits per heavy atom. The number of halogens is 3. The van der Waals surface area contributed by atoms with Gasteiger partial charge in [0.1, 0.15) is 5.82 Å². The average molecular weight is 512 g/mol. The molecule has 194 valence electrons. The number of hydrogen-bond donors (Lipinski definition) is 2. The minimum Gasteiger partial charge on any atom is -0.478 e. The average Bonchev–Trinajstić information content (AvgIpc) is 2.88. The van der Waals surface area contributed by atoms with Crippen LogP contribution in [-0.2, 0) is 23.8 Å². The van der Waals surface area contributed by atoms with E-state index in [0.717, 1.165) is 56.2 Å². The Bertz CT molecular complexity index is 1240. The molecule has 0 aliphatic carbocycles. The van der Waals surface area contributed by atoms with E-state index in [-0.39, 0.29) is 12.0 Å². The van der Waals surface area contributed by atoms with Crippen molar-refractivity contribution < 1.29 is 27.9 Å². The third-order valence-corrected chi connectivity index (χ3v) is 6.66. The molecule has 2 aromatic carbocycles. The second kappa shape index (κ2) is 11.5. The highest BCUT2D eigenvalue weighted by atomic mass is 19.4. The van der Waals surface area contributed by atoms with Crippen molar-refractivity contribution in [1.82, 2.24) is 4.98 Å². The lowest BCUT2D eigenvalue weighted by atomic mass is 9.90. The van der Waals surface area contributed by atoms with Crippen LogP contribution in [-0.4, -0.2) is 35.1 Å². The molecule has 1 aliphatic heterocycles. The fourth-order valence-electron chi connectivity index (χ4n) is 4.66. The Kier molecular flexibility index (Phi) is 8.11. The lowest BCUT2D eigenvalue weighted by Gasteiger charge is -2.33. The highest BCUT2D eigenvalue weighted by Crippen LogP contribution is 2.32. The molecule has 1 aliphatic rings. The summed E-state index contributed by atoms with van der Waals surface area (Å²) in [6.45, 7) is 1.68. The molecule has 2 N–H and O–H groups in total. The summed E-state index contributed by atoms with van der Waals surface area (Å²) in [5, 5.41) is 11.8. The Balaban J connectivity index is 1.26. The van der Waals surface area contributed by atoms with Gasteiger partial charge in [-0.1, -0.05) is 30.3 Å². The van der Waals surface area contributed by atoms with E-state index < -0.39 is 23.6 Å². The van der Waals surface area contributed by atoms with Crippen LogP contribution in [0.4, 0.5) is 24.7 Å². The number of piperidine rings is 1. The zero-order chi connectivity index (χ0) is 26.4. The lowest BCUT2D eigenvalue weighted by molar-refractivity contribution is -0.138. The fourth-order valence-corrected chi connectivity index (χ4v) is 4.66. The van der Waals surface area contributed by atoms with Gasteiger partial charge in [0, 0.05) is 13.1 Å². The van der Waals surface area contributed by atoms with Crippen molar-refractivity contribution in [3.63, 3.8) is 0 Å². The zero-order valence-electron chi connectivity index (χ0n) is 20.2. The van der Waals surface area contributed by atoms with Crippen LogP contribution in [0.5, 0.6) is 0 Å². The number of aromatic carboxylic acids is 1. The number of rotatable bonds is 8. The number of pyridine rings is 1. The van der Waals surface area contributed by atoms with Crippen LogP contribution < -0.4 is 10.2 Å². The number of amides is 1. The standard InChI is InChI=1S/C28H28F3N3O3/c29-28(30,31)24-7-2-1-5-21(24)17-26(35)33-23-10-11-25(32-18-23)34-14-12-19(13-15-34)8-9-20-4-3-6-22(16-20)27(36)37/h1-7,10-11,16,18-19H,8-9,12-15,17H2,(H,33,35)(H,36,37). The van der Waals surface area contributed by atoms with Crippen LogP contribution in [0.25, 0.3) is 0 Å². The van der Waals surface area contributed by atoms with E-state index in [0.29, 0.717) is 17.2 Å². The summed E-state index contributed by atoms with van der Waals surface area (Å²) in [5.41, 5.74) is 0.884. The Labute approximate surface area is 213 Å². The maximum Gasteiger partial charge on any atom is 0.416 e. The smallest absolute Gasteiger partial charge is 0.416 e. The fraction of sp³-hybridized carbons (Fsp3) is 0.321. The topological polar surface area (TPSA) is 82.5 Å². The van der Waals surface area contributed by atoms with E-state index >= 15 is 0 Å². The van der Waals surface area contributed by atoms with Gasteiger partial charge in [0.05, 0.1) is 29.4 Å². The maximum atomic E-state index is 13.2. The molecule has 1 aromatic heterocycles. The SMILES string of the molecule is O=C(Cc1ccccc1C(F)(F)F)Nc1ccc(N2CCC(CCc3cccc(C(=O)O)c3)CC2)nc1. The van der Waals surface area contributed by atoms with E-state index in [1.165, 1.54) is 24.4 Å². The normalized spacial score (nSPS) is 14.4. The molecule has 37 heavy (non-hydrogen) atoms. The van der Waals surface area contributed by atoms with Gasteiger partial charge in [-0.05, 0) is 73.1 Å². The van der Waals surface area contributed by atoms with E-state index in [4.69, 9.17) is 5.11 Å². The number of nitrogens with one attached hydrogen (secondary N) is 1. The number of carbonyl (C=O) groups excluding carboxylic acids is 1. The van der Waals surface area contributed by atoms with Crippen molar-refractivity contribution in [2.75, 3.05) is 23.3 Å². The molecule has 0 atom stereocenters. The van der Waals surface area contributed by atoms with E-state index in [9.17, 15) is 22.8 Å². The molecule has 6 nitrogen and oxygen atoms in total. The van der Waals surface area contributed by atoms with Gasteiger partial charge in [0.25, 0.3) is 0 Å². The molecule has 9 heteroatoms. The highest BCUT2D eigenvalue weighted by molar-refractivity contribution is 5.92. The summed E-state index contributed by atoms with van der Waals surface area (Å²) in [6.07, 6.45) is 0.447. The molecule has 0 saturated carbocycles. The summed E-state index contributed by atoms with van der Waals surface area (Å²) < 4.78 is 39.5. The molecule has 0 radical (unpaired) electrons. The number of alkyl halides is 3. The van der Waals surface area contributed by atoms with Crippen LogP contribution in [0, 0.1) is 5.92 Å². The van der Waals surface area contributed by atoms with Gasteiger partial charge < -0.3 is 15.3 Å². The van der Waals surface area contributed by atoms with E-state index in [1.54, 1.807) is 30.3 Å². The maximum absolute atomic E-state index is 13.2. The number of carboxylic acids is 1. The minimum atomic E-state index is -4.51. The van der Waals surface area contributed by atoms with E-state index in [2.05, 4.69) is 15.2 Å². The first kappa shape index (κ1) is 26.2. The van der Waals surface area contributed by atoms with Crippen molar-refractivity contribution in [2.45, 2.75) is 38.3 Å². The van der Waals surface area contributed by atoms with Crippen molar-refractivity contribution >= 4 is 23.4 Å². The minimum absolute atomic E-state index is 0.0745. The van der Waals surface area contributed by atoms with Crippen molar-refractivity contribution in [2.24, 2.45) is 5.92 Å². The van der Waals surface area contributed by atoms with Gasteiger partial charge in [-0.3, -0.25) is 4.79 Å². The van der Waals surface area contributed by atoms with Gasteiger partial charge >= 0.3 is 12.1 Å². The summed E-state index contributed by atoms with van der Waals surface area (Å²) >= 11 is 0. The molecule has 0 unspecified atom stereocenters. The van der Waals surface area contributed by atoms with Crippen LogP contribution >= 0.6 is 0 Å². The molecular formula is C28H28F3N3O3. The molecule has 4 rings (SSSR count). The summed E-state index contributed by atoms with van der Waals surface area (Å²) in [5.74, 6) is -0.128. The second-order valence-corrected chi connectivity index (χ2v) is 9.26. The first-order chi connectivity index (χ1) is 17.7. The first-order valence-electron chi connectivity index (χ1n) is 12.2. The Morgan fingerprint density at radius 2 is 1.78 bits per heavy atom. The third kappa shape index (κ3) is 7.09. The molecule has 1 saturated heterocycles. The number of carbonyl (C=O) groups is 2. The zero-order valence-corrected chi connectivity index (χ0v) is 20.2. The number of aromatic nitrogens is 1. The van der Waals surface area contributed by atoms with Crippen LogP contribution in [0.1, 0.15) is 46.3 Å². The van der Waals surface area contributed by atoms with E-state index in [1.807, 2.05) is 6.07 Å². The number of anilines is 2. The van der Waals surface area contributed by atoms with Gasteiger partial charge in [0.15, 0.2) is 0 Å². The van der Waals surface area contributed by atoms with Gasteiger partial charge in [-0.25, -0.2) is 9.78 Å². The Hall–Kier alpha value is -3.88.